The van der Waals surface area contributed by atoms with Gasteiger partial charge in [-0.25, -0.2) is 9.78 Å². The minimum Gasteiger partial charge on any atom is -0.508 e. The van der Waals surface area contributed by atoms with Crippen LogP contribution in [-0.2, 0) is 4.79 Å². The molecule has 9 heteroatoms. The number of H-pyrrole nitrogens is 1. The molecule has 6 aromatic rings. The van der Waals surface area contributed by atoms with Crippen LogP contribution in [0.1, 0.15) is 60.1 Å². The van der Waals surface area contributed by atoms with Gasteiger partial charge in [-0.15, -0.1) is 0 Å². The number of imidazole rings is 1. The second-order valence-electron chi connectivity index (χ2n) is 10.9. The van der Waals surface area contributed by atoms with E-state index in [0.29, 0.717) is 27.5 Å². The molecule has 1 amide bonds. The van der Waals surface area contributed by atoms with E-state index in [2.05, 4.69) is 27.0 Å². The highest BCUT2D eigenvalue weighted by Gasteiger charge is 2.28. The number of nitrogens with one attached hydrogen (secondary N) is 2. The molecule has 3 aromatic carbocycles. The zero-order valence-electron chi connectivity index (χ0n) is 22.7. The van der Waals surface area contributed by atoms with Crippen molar-refractivity contribution < 1.29 is 19.8 Å². The number of hydrogen-bond donors (Lipinski definition) is 4. The lowest BCUT2D eigenvalue weighted by Crippen LogP contribution is -2.33. The van der Waals surface area contributed by atoms with E-state index in [0.717, 1.165) is 53.5 Å². The van der Waals surface area contributed by atoms with Crippen LogP contribution in [0.3, 0.4) is 0 Å². The molecule has 1 fully saturated rings. The number of nitrogens with zero attached hydrogens (tertiary/aromatic N) is 3. The molecule has 210 valence electrons. The Morgan fingerprint density at radius 2 is 1.81 bits per heavy atom. The van der Waals surface area contributed by atoms with Gasteiger partial charge >= 0.3 is 5.97 Å². The van der Waals surface area contributed by atoms with Crippen molar-refractivity contribution in [1.82, 2.24) is 24.8 Å². The summed E-state index contributed by atoms with van der Waals surface area (Å²) in [4.78, 5) is 38.5. The molecule has 0 unspecified atom stereocenters. The fourth-order valence-electron chi connectivity index (χ4n) is 6.27. The molecule has 0 radical (unpaired) electrons. The van der Waals surface area contributed by atoms with Crippen LogP contribution in [0.4, 0.5) is 0 Å². The molecular formula is C33H29N5O4. The third kappa shape index (κ3) is 4.43. The maximum Gasteiger partial charge on any atom is 0.331 e. The number of phenolic OH excluding ortho intramolecular Hbond substituents is 1. The van der Waals surface area contributed by atoms with Crippen LogP contribution < -0.4 is 5.32 Å². The molecular weight excluding hydrogens is 530 g/mol. The number of aliphatic carboxylic acids is 1. The number of fused-ring (bicyclic) bond motifs is 3. The number of carboxylic acid groups (broad SMARTS) is 1. The van der Waals surface area contributed by atoms with Gasteiger partial charge in [-0.2, -0.15) is 0 Å². The molecule has 0 saturated heterocycles. The van der Waals surface area contributed by atoms with Crippen molar-refractivity contribution in [2.75, 3.05) is 0 Å². The van der Waals surface area contributed by atoms with E-state index in [9.17, 15) is 19.8 Å². The summed E-state index contributed by atoms with van der Waals surface area (Å²) in [5.41, 5.74) is 3.70. The van der Waals surface area contributed by atoms with Crippen molar-refractivity contribution >= 4 is 44.6 Å². The molecule has 9 nitrogen and oxygen atoms in total. The largest absolute Gasteiger partial charge is 0.508 e. The number of rotatable bonds is 6. The van der Waals surface area contributed by atoms with Crippen LogP contribution in [0.5, 0.6) is 5.75 Å². The van der Waals surface area contributed by atoms with Gasteiger partial charge in [0.15, 0.2) is 11.9 Å². The predicted molar refractivity (Wildman–Crippen MR) is 160 cm³/mol. The van der Waals surface area contributed by atoms with Crippen molar-refractivity contribution in [2.45, 2.75) is 44.2 Å². The highest BCUT2D eigenvalue weighted by atomic mass is 16.4. The van der Waals surface area contributed by atoms with Gasteiger partial charge < -0.3 is 25.1 Å². The van der Waals surface area contributed by atoms with Crippen LogP contribution in [0.25, 0.3) is 44.2 Å². The summed E-state index contributed by atoms with van der Waals surface area (Å²) in [6.45, 7) is 0. The standard InChI is InChI=1S/C33H29N5O4/c39-22-11-12-26-24(17-22)25(18-35-26)30(33(41)42)37-32(40)20-10-13-28-27(16-20)36-31(38(28)21-7-2-1-3-8-21)29-23-9-5-4-6-19(23)14-15-34-29/h4-6,9-18,21,30,35,39H,1-3,7-8H2,(H,37,40)(H,41,42)/t30-/m0/s1. The van der Waals surface area contributed by atoms with Gasteiger partial charge in [0, 0.05) is 45.9 Å². The van der Waals surface area contributed by atoms with E-state index < -0.39 is 17.9 Å². The average Bonchev–Trinajstić information content (AvgIpc) is 3.60. The molecule has 0 spiro atoms. The average molecular weight is 560 g/mol. The number of carboxylic acids is 1. The summed E-state index contributed by atoms with van der Waals surface area (Å²) in [5, 5.41) is 25.3. The summed E-state index contributed by atoms with van der Waals surface area (Å²) in [6, 6.07) is 19.1. The summed E-state index contributed by atoms with van der Waals surface area (Å²) in [7, 11) is 0. The molecule has 4 N–H and O–H groups in total. The summed E-state index contributed by atoms with van der Waals surface area (Å²) >= 11 is 0. The van der Waals surface area contributed by atoms with Gasteiger partial charge in [-0.05, 0) is 60.7 Å². The zero-order valence-corrected chi connectivity index (χ0v) is 22.7. The van der Waals surface area contributed by atoms with Gasteiger partial charge in [0.2, 0.25) is 0 Å². The molecule has 3 aromatic heterocycles. The number of aromatic amines is 1. The number of carbonyl (C=O) groups excluding carboxylic acids is 1. The van der Waals surface area contributed by atoms with Gasteiger partial charge in [0.25, 0.3) is 5.91 Å². The first-order chi connectivity index (χ1) is 20.5. The van der Waals surface area contributed by atoms with Crippen molar-refractivity contribution in [2.24, 2.45) is 0 Å². The maximum absolute atomic E-state index is 13.5. The van der Waals surface area contributed by atoms with Gasteiger partial charge in [0.1, 0.15) is 11.4 Å². The lowest BCUT2D eigenvalue weighted by molar-refractivity contribution is -0.139. The number of phenols is 1. The minimum absolute atomic E-state index is 0.00862. The number of carbonyl (C=O) groups is 2. The molecule has 1 aliphatic carbocycles. The summed E-state index contributed by atoms with van der Waals surface area (Å²) in [6.07, 6.45) is 8.96. The molecule has 3 heterocycles. The fourth-order valence-corrected chi connectivity index (χ4v) is 6.27. The third-order valence-electron chi connectivity index (χ3n) is 8.31. The monoisotopic (exact) mass is 559 g/mol. The van der Waals surface area contributed by atoms with Crippen LogP contribution in [0.15, 0.2) is 79.1 Å². The molecule has 7 rings (SSSR count). The highest BCUT2D eigenvalue weighted by molar-refractivity contribution is 6.01. The molecule has 1 saturated carbocycles. The van der Waals surface area contributed by atoms with Gasteiger partial charge in [0.05, 0.1) is 11.0 Å². The van der Waals surface area contributed by atoms with E-state index in [1.807, 2.05) is 24.3 Å². The number of aromatic hydroxyl groups is 1. The van der Waals surface area contributed by atoms with Gasteiger partial charge in [-0.3, -0.25) is 9.78 Å². The number of aromatic nitrogens is 4. The third-order valence-corrected chi connectivity index (χ3v) is 8.31. The quantitative estimate of drug-likeness (QED) is 0.184. The van der Waals surface area contributed by atoms with E-state index >= 15 is 0 Å². The van der Waals surface area contributed by atoms with Crippen LogP contribution in [-0.4, -0.2) is 41.6 Å². The first-order valence-corrected chi connectivity index (χ1v) is 14.2. The summed E-state index contributed by atoms with van der Waals surface area (Å²) in [5.74, 6) is -0.960. The smallest absolute Gasteiger partial charge is 0.331 e. The van der Waals surface area contributed by atoms with Crippen LogP contribution in [0, 0.1) is 0 Å². The highest BCUT2D eigenvalue weighted by Crippen LogP contribution is 2.37. The Morgan fingerprint density at radius 1 is 0.976 bits per heavy atom. The number of amides is 1. The first-order valence-electron chi connectivity index (χ1n) is 14.2. The van der Waals surface area contributed by atoms with E-state index in [-0.39, 0.29) is 11.8 Å². The van der Waals surface area contributed by atoms with Crippen molar-refractivity contribution in [3.8, 4) is 17.3 Å². The van der Waals surface area contributed by atoms with Crippen LogP contribution >= 0.6 is 0 Å². The van der Waals surface area contributed by atoms with E-state index in [1.165, 1.54) is 18.6 Å². The zero-order chi connectivity index (χ0) is 28.8. The molecule has 0 aliphatic heterocycles. The van der Waals surface area contributed by atoms with E-state index in [1.54, 1.807) is 30.6 Å². The lowest BCUT2D eigenvalue weighted by Gasteiger charge is -2.25. The molecule has 0 bridgehead atoms. The maximum atomic E-state index is 13.5. The Hall–Kier alpha value is -5.18. The van der Waals surface area contributed by atoms with Crippen LogP contribution in [0.2, 0.25) is 0 Å². The predicted octanol–water partition coefficient (Wildman–Crippen LogP) is 6.50. The number of pyridine rings is 1. The minimum atomic E-state index is -1.32. The molecule has 1 atom stereocenters. The Balaban J connectivity index is 1.30. The first kappa shape index (κ1) is 25.8. The topological polar surface area (TPSA) is 133 Å². The molecule has 42 heavy (non-hydrogen) atoms. The van der Waals surface area contributed by atoms with Crippen molar-refractivity contribution in [1.29, 1.82) is 0 Å². The second-order valence-corrected chi connectivity index (χ2v) is 10.9. The van der Waals surface area contributed by atoms with E-state index in [4.69, 9.17) is 9.97 Å². The summed E-state index contributed by atoms with van der Waals surface area (Å²) < 4.78 is 2.28. The SMILES string of the molecule is O=C(N[C@H](C(=O)O)c1c[nH]c2ccc(O)cc12)c1ccc2c(c1)nc(-c1nccc3ccccc13)n2C1CCCCC1. The fraction of sp³-hybridized carbons (Fsp3) is 0.212. The van der Waals surface area contributed by atoms with Crippen molar-refractivity contribution in [3.63, 3.8) is 0 Å². The number of hydrogen-bond acceptors (Lipinski definition) is 5. The normalized spacial score (nSPS) is 14.9. The Labute approximate surface area is 240 Å². The second kappa shape index (κ2) is 10.3. The number of benzene rings is 3. The van der Waals surface area contributed by atoms with Crippen molar-refractivity contribution in [3.05, 3.63) is 90.3 Å². The molecule has 1 aliphatic rings. The Kier molecular flexibility index (Phi) is 6.34. The Morgan fingerprint density at radius 3 is 2.64 bits per heavy atom. The Bertz CT molecular complexity index is 1980. The van der Waals surface area contributed by atoms with Gasteiger partial charge in [-0.1, -0.05) is 43.5 Å². The lowest BCUT2D eigenvalue weighted by atomic mass is 9.95.